The molecule has 0 heterocycles. The molecule has 0 radical (unpaired) electrons. The monoisotopic (exact) mass is 595 g/mol. The summed E-state index contributed by atoms with van der Waals surface area (Å²) in [6, 6.07) is 31.6. The number of anilines is 2. The summed E-state index contributed by atoms with van der Waals surface area (Å²) in [6.45, 7) is 3.88. The van der Waals surface area contributed by atoms with Crippen molar-refractivity contribution in [2.24, 2.45) is 5.92 Å². The lowest BCUT2D eigenvalue weighted by Crippen LogP contribution is -2.46. The molecule has 1 atom stereocenters. The minimum atomic E-state index is -4.22. The second-order valence-corrected chi connectivity index (χ2v) is 11.4. The Balaban J connectivity index is 1.62. The van der Waals surface area contributed by atoms with Crippen LogP contribution in [0.25, 0.3) is 6.08 Å². The number of nitrogens with zero attached hydrogens (tertiary/aromatic N) is 1. The fourth-order valence-electron chi connectivity index (χ4n) is 4.48. The van der Waals surface area contributed by atoms with E-state index < -0.39 is 27.8 Å². The van der Waals surface area contributed by atoms with Crippen molar-refractivity contribution in [3.8, 4) is 0 Å². The lowest BCUT2D eigenvalue weighted by atomic mass is 9.95. The Morgan fingerprint density at radius 3 is 2.07 bits per heavy atom. The van der Waals surface area contributed by atoms with Crippen molar-refractivity contribution >= 4 is 45.2 Å². The van der Waals surface area contributed by atoms with E-state index in [4.69, 9.17) is 0 Å². The van der Waals surface area contributed by atoms with Gasteiger partial charge in [-0.1, -0.05) is 78.9 Å². The second-order valence-electron chi connectivity index (χ2n) is 9.87. The molecular weight excluding hydrogens is 562 g/mol. The van der Waals surface area contributed by atoms with Crippen LogP contribution in [0, 0.1) is 12.8 Å². The molecule has 0 bridgehead atoms. The molecule has 220 valence electrons. The van der Waals surface area contributed by atoms with E-state index in [0.29, 0.717) is 28.1 Å². The molecular formula is C34H33N3O5S. The van der Waals surface area contributed by atoms with Gasteiger partial charge in [-0.25, -0.2) is 13.1 Å². The van der Waals surface area contributed by atoms with Crippen LogP contribution in [0.2, 0.25) is 0 Å². The van der Waals surface area contributed by atoms with E-state index >= 15 is 0 Å². The van der Waals surface area contributed by atoms with Crippen LogP contribution >= 0.6 is 0 Å². The zero-order valence-electron chi connectivity index (χ0n) is 23.9. The number of aryl methyl sites for hydroxylation is 1. The van der Waals surface area contributed by atoms with E-state index in [1.807, 2.05) is 19.1 Å². The SMILES string of the molecule is CCN(C(=O)C(Cc1ccc(C)c(NC(=O)c2ccccc2)c1)C(=O)NS(=O)(=O)C=Cc1ccccc1)c1ccccc1. The van der Waals surface area contributed by atoms with Crippen molar-refractivity contribution in [3.63, 3.8) is 0 Å². The number of nitrogens with one attached hydrogen (secondary N) is 2. The van der Waals surface area contributed by atoms with Gasteiger partial charge in [0.1, 0.15) is 5.92 Å². The Morgan fingerprint density at radius 1 is 0.837 bits per heavy atom. The smallest absolute Gasteiger partial charge is 0.257 e. The highest BCUT2D eigenvalue weighted by Crippen LogP contribution is 2.23. The lowest BCUT2D eigenvalue weighted by molar-refractivity contribution is -0.132. The lowest BCUT2D eigenvalue weighted by Gasteiger charge is -2.26. The van der Waals surface area contributed by atoms with Gasteiger partial charge in [-0.3, -0.25) is 14.4 Å². The molecule has 0 aliphatic heterocycles. The highest BCUT2D eigenvalue weighted by molar-refractivity contribution is 7.93. The summed E-state index contributed by atoms with van der Waals surface area (Å²) in [5, 5.41) is 3.79. The average molecular weight is 596 g/mol. The number of carbonyl (C=O) groups is 3. The van der Waals surface area contributed by atoms with E-state index in [1.165, 1.54) is 11.0 Å². The van der Waals surface area contributed by atoms with E-state index in [0.717, 1.165) is 11.0 Å². The summed E-state index contributed by atoms with van der Waals surface area (Å²) in [7, 11) is -4.22. The topological polar surface area (TPSA) is 113 Å². The average Bonchev–Trinajstić information content (AvgIpc) is 3.02. The molecule has 0 spiro atoms. The molecule has 0 aromatic heterocycles. The largest absolute Gasteiger partial charge is 0.322 e. The number of sulfonamides is 1. The fraction of sp³-hybridized carbons (Fsp3) is 0.147. The van der Waals surface area contributed by atoms with Gasteiger partial charge >= 0.3 is 0 Å². The predicted molar refractivity (Wildman–Crippen MR) is 170 cm³/mol. The van der Waals surface area contributed by atoms with E-state index in [1.54, 1.807) is 104 Å². The van der Waals surface area contributed by atoms with E-state index in [2.05, 4.69) is 10.0 Å². The van der Waals surface area contributed by atoms with Crippen molar-refractivity contribution in [1.29, 1.82) is 0 Å². The minimum Gasteiger partial charge on any atom is -0.322 e. The number of benzene rings is 4. The number of carbonyl (C=O) groups excluding carboxylic acids is 3. The second kappa shape index (κ2) is 14.2. The summed E-state index contributed by atoms with van der Waals surface area (Å²) in [4.78, 5) is 41.7. The molecule has 0 saturated carbocycles. The molecule has 4 aromatic carbocycles. The predicted octanol–water partition coefficient (Wildman–Crippen LogP) is 5.58. The van der Waals surface area contributed by atoms with Crippen LogP contribution < -0.4 is 14.9 Å². The number of hydrogen-bond donors (Lipinski definition) is 2. The van der Waals surface area contributed by atoms with Crippen LogP contribution in [-0.2, 0) is 26.0 Å². The molecule has 0 aliphatic carbocycles. The third kappa shape index (κ3) is 8.50. The Labute approximate surface area is 252 Å². The molecule has 0 saturated heterocycles. The summed E-state index contributed by atoms with van der Waals surface area (Å²) in [5.74, 6) is -3.18. The normalized spacial score (nSPS) is 12.0. The van der Waals surface area contributed by atoms with E-state index in [9.17, 15) is 22.8 Å². The first-order valence-electron chi connectivity index (χ1n) is 13.8. The first-order chi connectivity index (χ1) is 20.7. The molecule has 4 aromatic rings. The number of para-hydroxylation sites is 1. The molecule has 4 rings (SSSR count). The van der Waals surface area contributed by atoms with Gasteiger partial charge in [-0.2, -0.15) is 0 Å². The van der Waals surface area contributed by atoms with Gasteiger partial charge in [-0.05, 0) is 73.4 Å². The summed E-state index contributed by atoms with van der Waals surface area (Å²) < 4.78 is 27.8. The maximum Gasteiger partial charge on any atom is 0.257 e. The Bertz CT molecular complexity index is 1710. The first-order valence-corrected chi connectivity index (χ1v) is 15.3. The first kappa shape index (κ1) is 30.9. The number of amides is 3. The molecule has 1 unspecified atom stereocenters. The molecule has 3 amide bonds. The summed E-state index contributed by atoms with van der Waals surface area (Å²) >= 11 is 0. The third-order valence-corrected chi connectivity index (χ3v) is 7.75. The van der Waals surface area contributed by atoms with Gasteiger partial charge in [0.05, 0.1) is 5.41 Å². The van der Waals surface area contributed by atoms with E-state index in [-0.39, 0.29) is 18.9 Å². The van der Waals surface area contributed by atoms with Crippen LogP contribution in [0.5, 0.6) is 0 Å². The van der Waals surface area contributed by atoms with Gasteiger partial charge in [0.15, 0.2) is 0 Å². The van der Waals surface area contributed by atoms with Crippen LogP contribution in [-0.4, -0.2) is 32.7 Å². The third-order valence-electron chi connectivity index (χ3n) is 6.77. The molecule has 0 fully saturated rings. The molecule has 0 aliphatic rings. The van der Waals surface area contributed by atoms with Crippen molar-refractivity contribution in [1.82, 2.24) is 4.72 Å². The minimum absolute atomic E-state index is 0.0968. The summed E-state index contributed by atoms with van der Waals surface area (Å²) in [6.07, 6.45) is 1.27. The highest BCUT2D eigenvalue weighted by Gasteiger charge is 2.33. The van der Waals surface area contributed by atoms with Crippen LogP contribution in [0.15, 0.2) is 115 Å². The molecule has 9 heteroatoms. The maximum absolute atomic E-state index is 13.9. The molecule has 43 heavy (non-hydrogen) atoms. The van der Waals surface area contributed by atoms with Crippen LogP contribution in [0.4, 0.5) is 11.4 Å². The highest BCUT2D eigenvalue weighted by atomic mass is 32.2. The van der Waals surface area contributed by atoms with Crippen molar-refractivity contribution in [2.45, 2.75) is 20.3 Å². The molecule has 8 nitrogen and oxygen atoms in total. The maximum atomic E-state index is 13.9. The van der Waals surface area contributed by atoms with Crippen molar-refractivity contribution in [3.05, 3.63) is 137 Å². The van der Waals surface area contributed by atoms with Gasteiger partial charge in [0, 0.05) is 23.5 Å². The standard InChI is InChI=1S/C34H33N3O5S/c1-3-37(29-17-11-6-12-18-29)34(40)30(33(39)36-43(41,42)22-21-26-13-7-4-8-14-26)23-27-20-19-25(2)31(24-27)35-32(38)28-15-9-5-10-16-28/h4-22,24,30H,3,23H2,1-2H3,(H,35,38)(H,36,39). The van der Waals surface area contributed by atoms with Crippen LogP contribution in [0.1, 0.15) is 34.0 Å². The zero-order chi connectivity index (χ0) is 30.8. The summed E-state index contributed by atoms with van der Waals surface area (Å²) in [5.41, 5.74) is 3.58. The number of rotatable bonds is 11. The molecule has 2 N–H and O–H groups in total. The van der Waals surface area contributed by atoms with Gasteiger partial charge in [0.25, 0.3) is 15.9 Å². The van der Waals surface area contributed by atoms with Gasteiger partial charge < -0.3 is 10.2 Å². The Morgan fingerprint density at radius 2 is 1.44 bits per heavy atom. The number of hydrogen-bond acceptors (Lipinski definition) is 5. The van der Waals surface area contributed by atoms with Gasteiger partial charge in [-0.15, -0.1) is 0 Å². The van der Waals surface area contributed by atoms with Gasteiger partial charge in [0.2, 0.25) is 11.8 Å². The Hall–Kier alpha value is -5.02. The fourth-order valence-corrected chi connectivity index (χ4v) is 5.31. The van der Waals surface area contributed by atoms with Crippen molar-refractivity contribution < 1.29 is 22.8 Å². The van der Waals surface area contributed by atoms with Crippen LogP contribution in [0.3, 0.4) is 0 Å². The van der Waals surface area contributed by atoms with Crippen molar-refractivity contribution in [2.75, 3.05) is 16.8 Å². The zero-order valence-corrected chi connectivity index (χ0v) is 24.8. The Kier molecular flexibility index (Phi) is 10.2. The quantitative estimate of drug-likeness (QED) is 0.220.